The van der Waals surface area contributed by atoms with Gasteiger partial charge in [0.05, 0.1) is 0 Å². The van der Waals surface area contributed by atoms with E-state index >= 15 is 0 Å². The first-order valence-electron chi connectivity index (χ1n) is 10.2. The average molecular weight is 413 g/mol. The van der Waals surface area contributed by atoms with Gasteiger partial charge in [-0.2, -0.15) is 0 Å². The Hall–Kier alpha value is -2.54. The van der Waals surface area contributed by atoms with E-state index < -0.39 is 0 Å². The van der Waals surface area contributed by atoms with Crippen molar-refractivity contribution in [3.63, 3.8) is 0 Å². The number of rotatable bonds is 5. The number of nitrogens with two attached hydrogens (primary N) is 1. The molecule has 6 rings (SSSR count). The van der Waals surface area contributed by atoms with Crippen LogP contribution in [0.25, 0.3) is 0 Å². The Morgan fingerprint density at radius 3 is 2.38 bits per heavy atom. The standard InChI is InChI=1S/C21H25ClN6O/c22-16-3-1-2-15(7-16)20(29)28-27-19-17(23)18(24-11-25-19)26-21-8-12-4-13(9-21)6-14(5-12)10-21/h1-3,7,11-14H,4-6,8-10,23H2,(H,28,29)(H2,24,25,26,27). The van der Waals surface area contributed by atoms with Crippen molar-refractivity contribution < 1.29 is 4.79 Å². The minimum Gasteiger partial charge on any atom is -0.393 e. The number of carbonyl (C=O) groups is 1. The second-order valence-electron chi connectivity index (χ2n) is 8.90. The lowest BCUT2D eigenvalue weighted by molar-refractivity contribution is 0.0106. The topological polar surface area (TPSA) is 105 Å². The number of hydrogen-bond acceptors (Lipinski definition) is 6. The molecule has 1 amide bonds. The smallest absolute Gasteiger partial charge is 0.269 e. The zero-order chi connectivity index (χ0) is 20.0. The summed E-state index contributed by atoms with van der Waals surface area (Å²) in [5.41, 5.74) is 12.7. The van der Waals surface area contributed by atoms with Gasteiger partial charge in [-0.25, -0.2) is 9.97 Å². The normalized spacial score (nSPS) is 29.5. The van der Waals surface area contributed by atoms with Crippen molar-refractivity contribution in [2.45, 2.75) is 44.1 Å². The summed E-state index contributed by atoms with van der Waals surface area (Å²) in [5.74, 6) is 3.18. The van der Waals surface area contributed by atoms with Gasteiger partial charge in [-0.1, -0.05) is 17.7 Å². The first-order valence-corrected chi connectivity index (χ1v) is 10.6. The molecule has 0 atom stereocenters. The molecule has 0 aliphatic heterocycles. The van der Waals surface area contributed by atoms with Crippen LogP contribution in [0.4, 0.5) is 17.3 Å². The molecule has 5 N–H and O–H groups in total. The average Bonchev–Trinajstić information content (AvgIpc) is 2.67. The molecular weight excluding hydrogens is 388 g/mol. The SMILES string of the molecule is Nc1c(NNC(=O)c2cccc(Cl)c2)ncnc1NC12CC3CC(CC(C3)C1)C2. The van der Waals surface area contributed by atoms with Gasteiger partial charge in [0.15, 0.2) is 11.6 Å². The Morgan fingerprint density at radius 1 is 1.07 bits per heavy atom. The number of hydrazine groups is 1. The lowest BCUT2D eigenvalue weighted by atomic mass is 9.53. The Kier molecular flexibility index (Phi) is 4.50. The maximum absolute atomic E-state index is 12.3. The van der Waals surface area contributed by atoms with Crippen LogP contribution in [0.1, 0.15) is 48.9 Å². The lowest BCUT2D eigenvalue weighted by Gasteiger charge is -2.57. The van der Waals surface area contributed by atoms with E-state index in [-0.39, 0.29) is 11.4 Å². The molecule has 8 heteroatoms. The van der Waals surface area contributed by atoms with Crippen LogP contribution in [0.2, 0.25) is 5.02 Å². The Labute approximate surface area is 174 Å². The first kappa shape index (κ1) is 18.5. The van der Waals surface area contributed by atoms with E-state index in [1.165, 1.54) is 44.9 Å². The molecule has 4 saturated carbocycles. The molecule has 1 heterocycles. The van der Waals surface area contributed by atoms with Crippen LogP contribution in [-0.4, -0.2) is 21.4 Å². The number of nitrogen functional groups attached to an aromatic ring is 1. The van der Waals surface area contributed by atoms with Crippen molar-refractivity contribution in [3.05, 3.63) is 41.2 Å². The fraction of sp³-hybridized carbons (Fsp3) is 0.476. The summed E-state index contributed by atoms with van der Waals surface area (Å²) in [4.78, 5) is 20.9. The Bertz CT molecular complexity index is 913. The Balaban J connectivity index is 1.30. The van der Waals surface area contributed by atoms with E-state index in [2.05, 4.69) is 26.1 Å². The molecule has 1 aromatic heterocycles. The fourth-order valence-corrected chi connectivity index (χ4v) is 6.12. The van der Waals surface area contributed by atoms with E-state index in [0.29, 0.717) is 27.9 Å². The highest BCUT2D eigenvalue weighted by Crippen LogP contribution is 2.56. The van der Waals surface area contributed by atoms with Crippen LogP contribution in [0.5, 0.6) is 0 Å². The number of benzene rings is 1. The highest BCUT2D eigenvalue weighted by Gasteiger charge is 2.51. The lowest BCUT2D eigenvalue weighted by Crippen LogP contribution is -2.55. The maximum atomic E-state index is 12.3. The van der Waals surface area contributed by atoms with Crippen molar-refractivity contribution >= 4 is 34.8 Å². The first-order chi connectivity index (χ1) is 14.0. The molecule has 0 saturated heterocycles. The number of anilines is 3. The number of halogens is 1. The summed E-state index contributed by atoms with van der Waals surface area (Å²) in [6.45, 7) is 0. The number of nitrogens with zero attached hydrogens (tertiary/aromatic N) is 2. The van der Waals surface area contributed by atoms with Gasteiger partial charge in [-0.15, -0.1) is 0 Å². The Morgan fingerprint density at radius 2 is 1.72 bits per heavy atom. The van der Waals surface area contributed by atoms with Crippen molar-refractivity contribution in [2.75, 3.05) is 16.5 Å². The molecule has 0 spiro atoms. The van der Waals surface area contributed by atoms with Gasteiger partial charge in [0.2, 0.25) is 0 Å². The van der Waals surface area contributed by atoms with E-state index in [1.54, 1.807) is 24.3 Å². The van der Waals surface area contributed by atoms with E-state index in [1.807, 2.05) is 0 Å². The zero-order valence-corrected chi connectivity index (χ0v) is 16.9. The van der Waals surface area contributed by atoms with Gasteiger partial charge in [-0.05, 0) is 74.5 Å². The van der Waals surface area contributed by atoms with E-state index in [4.69, 9.17) is 17.3 Å². The fourth-order valence-electron chi connectivity index (χ4n) is 5.93. The number of nitrogens with one attached hydrogen (secondary N) is 3. The van der Waals surface area contributed by atoms with Crippen molar-refractivity contribution in [1.82, 2.24) is 15.4 Å². The van der Waals surface area contributed by atoms with Crippen LogP contribution in [-0.2, 0) is 0 Å². The summed E-state index contributed by atoms with van der Waals surface area (Å²) in [7, 11) is 0. The van der Waals surface area contributed by atoms with Crippen LogP contribution in [0.15, 0.2) is 30.6 Å². The second-order valence-corrected chi connectivity index (χ2v) is 9.33. The highest BCUT2D eigenvalue weighted by atomic mass is 35.5. The molecular formula is C21H25ClN6O. The minimum absolute atomic E-state index is 0.0958. The van der Waals surface area contributed by atoms with E-state index in [9.17, 15) is 4.79 Å². The number of carbonyl (C=O) groups excluding carboxylic acids is 1. The number of aromatic nitrogens is 2. The molecule has 4 aliphatic carbocycles. The van der Waals surface area contributed by atoms with Crippen LogP contribution >= 0.6 is 11.6 Å². The second kappa shape index (κ2) is 7.06. The van der Waals surface area contributed by atoms with E-state index in [0.717, 1.165) is 17.8 Å². The van der Waals surface area contributed by atoms with Gasteiger partial charge in [-0.3, -0.25) is 15.6 Å². The highest BCUT2D eigenvalue weighted by molar-refractivity contribution is 6.30. The van der Waals surface area contributed by atoms with Gasteiger partial charge in [0, 0.05) is 16.1 Å². The molecule has 2 aromatic rings. The summed E-state index contributed by atoms with van der Waals surface area (Å²) in [6, 6.07) is 6.73. The number of amides is 1. The molecule has 7 nitrogen and oxygen atoms in total. The molecule has 1 aromatic carbocycles. The number of hydrogen-bond donors (Lipinski definition) is 4. The third kappa shape index (κ3) is 3.59. The predicted octanol–water partition coefficient (Wildman–Crippen LogP) is 3.85. The van der Waals surface area contributed by atoms with Gasteiger partial charge in [0.1, 0.15) is 12.0 Å². The van der Waals surface area contributed by atoms with Crippen molar-refractivity contribution in [3.8, 4) is 0 Å². The summed E-state index contributed by atoms with van der Waals surface area (Å²) >= 11 is 5.95. The van der Waals surface area contributed by atoms with Crippen LogP contribution in [0.3, 0.4) is 0 Å². The summed E-state index contributed by atoms with van der Waals surface area (Å²) in [6.07, 6.45) is 9.17. The molecule has 0 radical (unpaired) electrons. The third-order valence-electron chi connectivity index (χ3n) is 6.69. The minimum atomic E-state index is -0.318. The van der Waals surface area contributed by atoms with Crippen LogP contribution < -0.4 is 21.9 Å². The maximum Gasteiger partial charge on any atom is 0.269 e. The van der Waals surface area contributed by atoms with Gasteiger partial charge in [0.25, 0.3) is 5.91 Å². The summed E-state index contributed by atoms with van der Waals surface area (Å²) in [5, 5.41) is 4.18. The predicted molar refractivity (Wildman–Crippen MR) is 114 cm³/mol. The monoisotopic (exact) mass is 412 g/mol. The van der Waals surface area contributed by atoms with Crippen LogP contribution in [0, 0.1) is 17.8 Å². The quantitative estimate of drug-likeness (QED) is 0.556. The van der Waals surface area contributed by atoms with Crippen molar-refractivity contribution in [2.24, 2.45) is 17.8 Å². The zero-order valence-electron chi connectivity index (χ0n) is 16.1. The molecule has 29 heavy (non-hydrogen) atoms. The third-order valence-corrected chi connectivity index (χ3v) is 6.92. The van der Waals surface area contributed by atoms with Crippen molar-refractivity contribution in [1.29, 1.82) is 0 Å². The molecule has 4 bridgehead atoms. The molecule has 152 valence electrons. The largest absolute Gasteiger partial charge is 0.393 e. The van der Waals surface area contributed by atoms with Gasteiger partial charge < -0.3 is 11.1 Å². The molecule has 4 aliphatic rings. The summed E-state index contributed by atoms with van der Waals surface area (Å²) < 4.78 is 0. The molecule has 4 fully saturated rings. The molecule has 0 unspecified atom stereocenters. The van der Waals surface area contributed by atoms with Gasteiger partial charge >= 0.3 is 0 Å².